The Morgan fingerprint density at radius 3 is 1.86 bits per heavy atom. The van der Waals surface area contributed by atoms with Crippen LogP contribution in [0.2, 0.25) is 0 Å². The molecule has 388 valence electrons. The molecule has 0 nitrogen and oxygen atoms in total. The molecule has 66 heavy (non-hydrogen) atoms. The first kappa shape index (κ1) is 59.8. The first-order valence-corrected chi connectivity index (χ1v) is 30.5. The monoisotopic (exact) mass is 917 g/mol. The summed E-state index contributed by atoms with van der Waals surface area (Å²) in [4.78, 5) is 0. The lowest BCUT2D eigenvalue weighted by Crippen LogP contribution is -2.58. The summed E-state index contributed by atoms with van der Waals surface area (Å²) in [5.41, 5.74) is 4.47. The Hall–Kier alpha value is -0.520. The molecule has 3 rings (SSSR count). The number of fused-ring (bicyclic) bond motifs is 1. The summed E-state index contributed by atoms with van der Waals surface area (Å²) in [6.07, 6.45) is 32.6. The van der Waals surface area contributed by atoms with Crippen LogP contribution in [0.4, 0.5) is 0 Å². The highest BCUT2D eigenvalue weighted by molar-refractivity contribution is 5.24. The molecule has 3 fully saturated rings. The predicted molar refractivity (Wildman–Crippen MR) is 299 cm³/mol. The van der Waals surface area contributed by atoms with Gasteiger partial charge in [0.15, 0.2) is 0 Å². The van der Waals surface area contributed by atoms with E-state index in [1.54, 1.807) is 11.1 Å². The summed E-state index contributed by atoms with van der Waals surface area (Å²) in [5.74, 6) is 13.4. The van der Waals surface area contributed by atoms with Crippen molar-refractivity contribution in [3.05, 3.63) is 23.8 Å². The Morgan fingerprint density at radius 1 is 0.667 bits per heavy atom. The van der Waals surface area contributed by atoms with Gasteiger partial charge in [0, 0.05) is 0 Å². The summed E-state index contributed by atoms with van der Waals surface area (Å²) in [5, 5.41) is 0. The van der Waals surface area contributed by atoms with E-state index < -0.39 is 0 Å². The van der Waals surface area contributed by atoms with Crippen molar-refractivity contribution in [2.45, 2.75) is 280 Å². The van der Waals surface area contributed by atoms with Crippen LogP contribution >= 0.6 is 0 Å². The van der Waals surface area contributed by atoms with E-state index >= 15 is 0 Å². The number of rotatable bonds is 25. The molecule has 0 radical (unpaired) electrons. The first-order valence-electron chi connectivity index (χ1n) is 30.5. The summed E-state index contributed by atoms with van der Waals surface area (Å²) >= 11 is 0. The standard InChI is InChI=1S/C66H124/c1-22-29-30-40-55(45(8)9)60(53(25-4)26-5)44-64(18,19)54(27-6)39-33-34-41-56-51(16)58-43-59(58)61(36-24-3)66(28-7,52(17)57(56)35-23-2)65(20,21)62-42-47(12)37-31-32-38-48(13)49(14)50(15)63(62)46(10)11/h25,45-54,56-59,61-63H,4,22-24,26-44H2,1-3,5-21H3. The van der Waals surface area contributed by atoms with Crippen molar-refractivity contribution in [1.82, 2.24) is 0 Å². The van der Waals surface area contributed by atoms with Crippen LogP contribution in [0.25, 0.3) is 0 Å². The summed E-state index contributed by atoms with van der Waals surface area (Å²) in [7, 11) is 0. The molecule has 0 bridgehead atoms. The van der Waals surface area contributed by atoms with Crippen molar-refractivity contribution in [1.29, 1.82) is 0 Å². The zero-order valence-electron chi connectivity index (χ0n) is 49.2. The molecule has 3 saturated carbocycles. The minimum Gasteiger partial charge on any atom is -0.102 e. The Morgan fingerprint density at radius 2 is 1.32 bits per heavy atom. The fourth-order valence-corrected chi connectivity index (χ4v) is 18.0. The van der Waals surface area contributed by atoms with Gasteiger partial charge < -0.3 is 0 Å². The molecule has 0 heterocycles. The van der Waals surface area contributed by atoms with Gasteiger partial charge in [-0.05, 0) is 181 Å². The van der Waals surface area contributed by atoms with Gasteiger partial charge in [-0.25, -0.2) is 0 Å². The Balaban J connectivity index is 2.06. The molecule has 0 aromatic carbocycles. The summed E-state index contributed by atoms with van der Waals surface area (Å²) < 4.78 is 0. The molecular formula is C66H124. The van der Waals surface area contributed by atoms with Crippen molar-refractivity contribution in [3.63, 3.8) is 0 Å². The Labute approximate surface area is 418 Å². The fourth-order valence-electron chi connectivity index (χ4n) is 18.0. The third kappa shape index (κ3) is 13.9. The first-order chi connectivity index (χ1) is 31.1. The van der Waals surface area contributed by atoms with E-state index in [0.29, 0.717) is 22.7 Å². The lowest BCUT2D eigenvalue weighted by Gasteiger charge is -2.64. The molecule has 0 amide bonds. The van der Waals surface area contributed by atoms with Gasteiger partial charge in [-0.2, -0.15) is 0 Å². The Kier molecular flexibility index (Phi) is 24.8. The van der Waals surface area contributed by atoms with Crippen LogP contribution < -0.4 is 0 Å². The van der Waals surface area contributed by atoms with Crippen LogP contribution in [-0.2, 0) is 0 Å². The van der Waals surface area contributed by atoms with Crippen LogP contribution in [0.5, 0.6) is 0 Å². The molecule has 0 saturated heterocycles. The van der Waals surface area contributed by atoms with Crippen LogP contribution in [0, 0.1) is 117 Å². The molecule has 3 aliphatic carbocycles. The van der Waals surface area contributed by atoms with Gasteiger partial charge in [0.25, 0.3) is 0 Å². The van der Waals surface area contributed by atoms with E-state index in [9.17, 15) is 0 Å². The van der Waals surface area contributed by atoms with Gasteiger partial charge in [-0.1, -0.05) is 233 Å². The number of hydrogen-bond donors (Lipinski definition) is 0. The van der Waals surface area contributed by atoms with E-state index in [1.807, 2.05) is 0 Å². The quantitative estimate of drug-likeness (QED) is 0.0632. The molecule has 0 heteroatoms. The maximum Gasteiger partial charge on any atom is -0.00256 e. The molecular weight excluding hydrogens is 793 g/mol. The molecule has 0 aliphatic heterocycles. The predicted octanol–water partition coefficient (Wildman–Crippen LogP) is 21.9. The zero-order chi connectivity index (χ0) is 49.7. The van der Waals surface area contributed by atoms with Crippen LogP contribution in [0.3, 0.4) is 0 Å². The zero-order valence-corrected chi connectivity index (χ0v) is 49.2. The highest BCUT2D eigenvalue weighted by Gasteiger charge is 2.65. The lowest BCUT2D eigenvalue weighted by atomic mass is 9.41. The van der Waals surface area contributed by atoms with E-state index in [0.717, 1.165) is 88.8 Å². The minimum absolute atomic E-state index is 0.279. The van der Waals surface area contributed by atoms with Crippen molar-refractivity contribution in [2.24, 2.45) is 117 Å². The SMILES string of the molecule is C=CC(CC)C(CC(C)(C)C(CC)CCCCC1C(C)C2CC2C(CCC)C(CC)(C(C)(C)C2CC(C)CCCCC(C)C(C)C(C)C2C(C)C)C(C)C1CCC)=C(CCCCC)C(C)C. The number of allylic oxidation sites excluding steroid dienone is 3. The van der Waals surface area contributed by atoms with Crippen LogP contribution in [0.1, 0.15) is 280 Å². The van der Waals surface area contributed by atoms with Crippen molar-refractivity contribution in [3.8, 4) is 0 Å². The second-order valence-electron chi connectivity index (χ2n) is 27.1. The van der Waals surface area contributed by atoms with Gasteiger partial charge in [0.1, 0.15) is 0 Å². The van der Waals surface area contributed by atoms with E-state index in [4.69, 9.17) is 0 Å². The van der Waals surface area contributed by atoms with Gasteiger partial charge in [0.2, 0.25) is 0 Å². The number of hydrogen-bond acceptors (Lipinski definition) is 0. The maximum absolute atomic E-state index is 4.41. The molecule has 0 spiro atoms. The maximum atomic E-state index is 4.41. The fraction of sp³-hybridized carbons (Fsp3) is 0.939. The second-order valence-corrected chi connectivity index (χ2v) is 27.1. The van der Waals surface area contributed by atoms with Crippen molar-refractivity contribution >= 4 is 0 Å². The normalized spacial score (nSPS) is 35.3. The minimum atomic E-state index is 0.279. The third-order valence-electron chi connectivity index (χ3n) is 22.1. The van der Waals surface area contributed by atoms with Gasteiger partial charge in [0.05, 0.1) is 0 Å². The number of unbranched alkanes of at least 4 members (excludes halogenated alkanes) is 3. The molecule has 0 aromatic rings. The van der Waals surface area contributed by atoms with Crippen LogP contribution in [-0.4, -0.2) is 0 Å². The average Bonchev–Trinajstić information content (AvgIpc) is 4.06. The van der Waals surface area contributed by atoms with Crippen LogP contribution in [0.15, 0.2) is 23.8 Å². The molecule has 16 unspecified atom stereocenters. The topological polar surface area (TPSA) is 0 Å². The van der Waals surface area contributed by atoms with Gasteiger partial charge in [-0.3, -0.25) is 0 Å². The summed E-state index contributed by atoms with van der Waals surface area (Å²) in [6.45, 7) is 57.2. The van der Waals surface area contributed by atoms with E-state index in [2.05, 4.69) is 151 Å². The Bertz CT molecular complexity index is 1390. The van der Waals surface area contributed by atoms with Crippen molar-refractivity contribution < 1.29 is 0 Å². The average molecular weight is 918 g/mol. The van der Waals surface area contributed by atoms with E-state index in [-0.39, 0.29) is 5.41 Å². The highest BCUT2D eigenvalue weighted by Crippen LogP contribution is 2.71. The van der Waals surface area contributed by atoms with Gasteiger partial charge in [-0.15, -0.1) is 6.58 Å². The van der Waals surface area contributed by atoms with Crippen molar-refractivity contribution in [2.75, 3.05) is 0 Å². The lowest BCUT2D eigenvalue weighted by molar-refractivity contribution is -0.160. The molecule has 3 aliphatic rings. The largest absolute Gasteiger partial charge is 0.102 e. The van der Waals surface area contributed by atoms with Gasteiger partial charge >= 0.3 is 0 Å². The summed E-state index contributed by atoms with van der Waals surface area (Å²) in [6, 6.07) is 0. The molecule has 0 aromatic heterocycles. The third-order valence-corrected chi connectivity index (χ3v) is 22.1. The second kappa shape index (κ2) is 27.3. The smallest absolute Gasteiger partial charge is 0.00256 e. The molecule has 0 N–H and O–H groups in total. The van der Waals surface area contributed by atoms with E-state index in [1.165, 1.54) is 141 Å². The highest BCUT2D eigenvalue weighted by atomic mass is 14.7. The molecule has 16 atom stereocenters.